The summed E-state index contributed by atoms with van der Waals surface area (Å²) in [6.45, 7) is 0. The molecule has 11 heteroatoms. The average Bonchev–Trinajstić information content (AvgIpc) is 2.48. The van der Waals surface area contributed by atoms with Gasteiger partial charge in [0, 0.05) is 0 Å². The fourth-order valence-corrected chi connectivity index (χ4v) is 2.64. The minimum absolute atomic E-state index is 0. The molecule has 2 aromatic rings. The summed E-state index contributed by atoms with van der Waals surface area (Å²) >= 11 is -1.80. The topological polar surface area (TPSA) is 105 Å². The molecule has 8 nitrogen and oxygen atoms in total. The van der Waals surface area contributed by atoms with Crippen LogP contribution in [0.4, 0.5) is 11.4 Å². The predicted octanol–water partition coefficient (Wildman–Crippen LogP) is -3.12. The number of rotatable bonds is 6. The Kier molecular flexibility index (Phi) is 9.40. The summed E-state index contributed by atoms with van der Waals surface area (Å²) in [5, 5.41) is 21.2. The number of hydrogen-bond donors (Lipinski definition) is 0. The number of nitro benzene ring substituents is 2. The van der Waals surface area contributed by atoms with E-state index in [1.165, 1.54) is 36.4 Å². The molecule has 2 aromatic carbocycles. The van der Waals surface area contributed by atoms with Gasteiger partial charge in [-0.2, -0.15) is 0 Å². The van der Waals surface area contributed by atoms with Gasteiger partial charge in [-0.3, -0.25) is 0 Å². The number of benzene rings is 2. The number of nitro groups is 2. The van der Waals surface area contributed by atoms with E-state index in [0.717, 1.165) is 0 Å². The first kappa shape index (κ1) is 21.3. The van der Waals surface area contributed by atoms with E-state index in [4.69, 9.17) is 5.63 Å². The summed E-state index contributed by atoms with van der Waals surface area (Å²) in [5.74, 6) is 0.697. The van der Waals surface area contributed by atoms with Crippen LogP contribution in [-0.4, -0.2) is 9.85 Å². The van der Waals surface area contributed by atoms with E-state index < -0.39 is 34.0 Å². The van der Waals surface area contributed by atoms with Crippen LogP contribution >= 0.6 is 0 Å². The minimum Gasteiger partial charge on any atom is -1.00 e. The smallest absolute Gasteiger partial charge is 1.00 e. The minimum atomic E-state index is -1.80. The van der Waals surface area contributed by atoms with Gasteiger partial charge in [0.05, 0.1) is 0 Å². The number of nitrogens with zero attached hydrogens (tertiary/aromatic N) is 2. The summed E-state index contributed by atoms with van der Waals surface area (Å²) in [6, 6.07) is 11.5. The van der Waals surface area contributed by atoms with Crippen molar-refractivity contribution in [2.24, 2.45) is 0 Å². The van der Waals surface area contributed by atoms with Gasteiger partial charge in [0.15, 0.2) is 0 Å². The molecule has 0 unspecified atom stereocenters. The largest absolute Gasteiger partial charge is 1.00 e. The Morgan fingerprint density at radius 2 is 1.17 bits per heavy atom. The molecule has 0 radical (unpaired) electrons. The van der Waals surface area contributed by atoms with Gasteiger partial charge in [-0.25, -0.2) is 0 Å². The van der Waals surface area contributed by atoms with Gasteiger partial charge in [-0.1, -0.05) is 0 Å². The standard InChI is InChI=1S/2C6H5NO3.2ClH.Zr/c2*8-6-3-1-2-5(4-6)7(9)10;;;/h2*1-4,8H;2*1H;/q;;;;+4/p-4. The van der Waals surface area contributed by atoms with Gasteiger partial charge in [-0.05, 0) is 0 Å². The van der Waals surface area contributed by atoms with Crippen LogP contribution in [0.2, 0.25) is 0 Å². The van der Waals surface area contributed by atoms with E-state index in [9.17, 15) is 20.2 Å². The van der Waals surface area contributed by atoms with Gasteiger partial charge in [-0.15, -0.1) is 0 Å². The molecule has 0 aliphatic carbocycles. The molecule has 0 fully saturated rings. The van der Waals surface area contributed by atoms with Gasteiger partial charge in [0.25, 0.3) is 0 Å². The van der Waals surface area contributed by atoms with Gasteiger partial charge >= 0.3 is 131 Å². The average molecular weight is 438 g/mol. The van der Waals surface area contributed by atoms with Crippen molar-refractivity contribution in [3.63, 3.8) is 0 Å². The van der Waals surface area contributed by atoms with Crippen LogP contribution < -0.4 is 30.4 Å². The maximum Gasteiger partial charge on any atom is -1.00 e. The first-order valence-corrected chi connectivity index (χ1v) is 7.64. The fourth-order valence-electron chi connectivity index (χ4n) is 1.44. The molecule has 0 atom stereocenters. The van der Waals surface area contributed by atoms with Gasteiger partial charge in [0.2, 0.25) is 0 Å². The Morgan fingerprint density at radius 3 is 1.52 bits per heavy atom. The van der Waals surface area contributed by atoms with E-state index in [1.807, 2.05) is 0 Å². The van der Waals surface area contributed by atoms with E-state index in [-0.39, 0.29) is 36.2 Å². The quantitative estimate of drug-likeness (QED) is 0.349. The number of non-ortho nitro benzene ring substituents is 2. The van der Waals surface area contributed by atoms with Crippen LogP contribution in [0.15, 0.2) is 48.5 Å². The summed E-state index contributed by atoms with van der Waals surface area (Å²) in [4.78, 5) is 20.2. The van der Waals surface area contributed by atoms with Crippen molar-refractivity contribution in [1.29, 1.82) is 0 Å². The zero-order valence-electron chi connectivity index (χ0n) is 11.2. The maximum atomic E-state index is 10.6. The molecule has 0 heterocycles. The molecule has 0 bridgehead atoms. The number of hydrogen-bond acceptors (Lipinski definition) is 6. The van der Waals surface area contributed by atoms with Crippen molar-refractivity contribution in [3.05, 3.63) is 68.8 Å². The summed E-state index contributed by atoms with van der Waals surface area (Å²) in [6.07, 6.45) is 0. The van der Waals surface area contributed by atoms with Crippen molar-refractivity contribution in [2.45, 2.75) is 0 Å². The molecule has 2 rings (SSSR count). The predicted molar refractivity (Wildman–Crippen MR) is 67.4 cm³/mol. The SMILES string of the molecule is O=[N+]([O-])c1cccc([O][Zr+2][O]c2cccc([N+](=O)[O-])c2)c1.[Cl-].[Cl-]. The van der Waals surface area contributed by atoms with Crippen LogP contribution in [0, 0.1) is 20.2 Å². The Bertz CT molecular complexity index is 631. The first-order valence-electron chi connectivity index (χ1n) is 5.64. The number of halogens is 2. The molecule has 0 aromatic heterocycles. The molecular formula is C12H8Cl2N2O6Zr. The van der Waals surface area contributed by atoms with Crippen LogP contribution in [0.1, 0.15) is 0 Å². The van der Waals surface area contributed by atoms with E-state index >= 15 is 0 Å². The van der Waals surface area contributed by atoms with Gasteiger partial charge < -0.3 is 24.8 Å². The second kappa shape index (κ2) is 10.1. The van der Waals surface area contributed by atoms with E-state index in [0.29, 0.717) is 11.5 Å². The normalized spacial score (nSPS) is 8.70. The fraction of sp³-hybridized carbons (Fsp3) is 0. The Hall–Kier alpha value is -1.70. The van der Waals surface area contributed by atoms with Crippen LogP contribution in [0.25, 0.3) is 0 Å². The summed E-state index contributed by atoms with van der Waals surface area (Å²) < 4.78 is 10.7. The molecule has 0 spiro atoms. The zero-order chi connectivity index (χ0) is 15.2. The monoisotopic (exact) mass is 436 g/mol. The molecule has 120 valence electrons. The Labute approximate surface area is 155 Å². The third-order valence-corrected chi connectivity index (χ3v) is 3.94. The molecule has 0 saturated carbocycles. The van der Waals surface area contributed by atoms with Crippen molar-refractivity contribution >= 4 is 11.4 Å². The van der Waals surface area contributed by atoms with Crippen LogP contribution in [0.3, 0.4) is 0 Å². The third-order valence-electron chi connectivity index (χ3n) is 2.38. The van der Waals surface area contributed by atoms with Crippen LogP contribution in [-0.2, 0) is 24.1 Å². The van der Waals surface area contributed by atoms with Crippen molar-refractivity contribution < 1.29 is 64.4 Å². The Morgan fingerprint density at radius 1 is 0.783 bits per heavy atom. The van der Waals surface area contributed by atoms with Crippen molar-refractivity contribution in [2.75, 3.05) is 0 Å². The molecule has 0 aliphatic rings. The van der Waals surface area contributed by atoms with Crippen molar-refractivity contribution in [1.82, 2.24) is 0 Å². The van der Waals surface area contributed by atoms with Crippen LogP contribution in [0.5, 0.6) is 11.5 Å². The van der Waals surface area contributed by atoms with E-state index in [2.05, 4.69) is 0 Å². The van der Waals surface area contributed by atoms with Crippen molar-refractivity contribution in [3.8, 4) is 11.5 Å². The first-order chi connectivity index (χ1) is 10.1. The van der Waals surface area contributed by atoms with Gasteiger partial charge in [0.1, 0.15) is 0 Å². The molecule has 0 saturated heterocycles. The third kappa shape index (κ3) is 6.52. The summed E-state index contributed by atoms with van der Waals surface area (Å²) in [5.41, 5.74) is -0.135. The molecular weight excluding hydrogens is 430 g/mol. The molecule has 0 amide bonds. The maximum absolute atomic E-state index is 10.6. The second-order valence-corrected chi connectivity index (χ2v) is 5.21. The molecule has 23 heavy (non-hydrogen) atoms. The van der Waals surface area contributed by atoms with E-state index in [1.54, 1.807) is 12.1 Å². The summed E-state index contributed by atoms with van der Waals surface area (Å²) in [7, 11) is 0. The zero-order valence-corrected chi connectivity index (χ0v) is 15.2. The second-order valence-electron chi connectivity index (χ2n) is 3.80. The molecule has 0 aliphatic heterocycles. The Balaban J connectivity index is 0.00000242. The molecule has 0 N–H and O–H groups in total.